The zero-order valence-electron chi connectivity index (χ0n) is 11.0. The van der Waals surface area contributed by atoms with Crippen LogP contribution in [0.5, 0.6) is 0 Å². The van der Waals surface area contributed by atoms with E-state index >= 15 is 0 Å². The smallest absolute Gasteiger partial charge is 0.126 e. The Bertz CT molecular complexity index is 682. The van der Waals surface area contributed by atoms with Crippen LogP contribution in [0.3, 0.4) is 0 Å². The predicted octanol–water partition coefficient (Wildman–Crippen LogP) is 2.47. The molecule has 3 heteroatoms. The summed E-state index contributed by atoms with van der Waals surface area (Å²) in [4.78, 5) is 1.84. The summed E-state index contributed by atoms with van der Waals surface area (Å²) >= 11 is 0. The summed E-state index contributed by atoms with van der Waals surface area (Å²) in [6.45, 7) is 2.08. The third-order valence-electron chi connectivity index (χ3n) is 3.06. The van der Waals surface area contributed by atoms with Crippen molar-refractivity contribution in [2.75, 3.05) is 0 Å². The zero-order chi connectivity index (χ0) is 13.2. The highest BCUT2D eigenvalue weighted by Gasteiger charge is 2.08. The summed E-state index contributed by atoms with van der Waals surface area (Å²) in [7, 11) is 1.94. The topological polar surface area (TPSA) is 21.7 Å². The van der Waals surface area contributed by atoms with Crippen LogP contribution in [0.15, 0.2) is 54.6 Å². The van der Waals surface area contributed by atoms with Gasteiger partial charge in [0.05, 0.1) is 12.7 Å². The molecule has 3 nitrogen and oxygen atoms in total. The number of nitrogens with zero attached hydrogens (tertiary/aromatic N) is 3. The quantitative estimate of drug-likeness (QED) is 0.505. The molecule has 0 radical (unpaired) electrons. The van der Waals surface area contributed by atoms with Crippen LogP contribution in [0.4, 0.5) is 0 Å². The molecule has 0 fully saturated rings. The molecule has 0 bridgehead atoms. The van der Waals surface area contributed by atoms with Crippen LogP contribution >= 0.6 is 0 Å². The minimum atomic E-state index is 0.853. The largest absolute Gasteiger partial charge is 0.243 e. The Morgan fingerprint density at radius 2 is 1.68 bits per heavy atom. The van der Waals surface area contributed by atoms with E-state index in [0.717, 1.165) is 16.9 Å². The number of rotatable bonds is 2. The Morgan fingerprint density at radius 3 is 2.37 bits per heavy atom. The third kappa shape index (κ3) is 2.27. The monoisotopic (exact) mass is 249 g/mol. The number of aromatic nitrogens is 3. The average molecular weight is 249 g/mol. The molecule has 0 aliphatic heterocycles. The first-order chi connectivity index (χ1) is 9.24. The first-order valence-corrected chi connectivity index (χ1v) is 6.25. The van der Waals surface area contributed by atoms with Crippen LogP contribution in [-0.2, 0) is 7.05 Å². The van der Waals surface area contributed by atoms with Gasteiger partial charge in [0.1, 0.15) is 5.69 Å². The highest BCUT2D eigenvalue weighted by atomic mass is 15.5. The van der Waals surface area contributed by atoms with E-state index in [1.165, 1.54) is 5.56 Å². The summed E-state index contributed by atoms with van der Waals surface area (Å²) in [6.07, 6.45) is 3.25. The Labute approximate surface area is 112 Å². The van der Waals surface area contributed by atoms with Crippen molar-refractivity contribution in [2.24, 2.45) is 7.05 Å². The van der Waals surface area contributed by atoms with Gasteiger partial charge in [-0.05, 0) is 23.9 Å². The number of benzene rings is 2. The lowest BCUT2D eigenvalue weighted by atomic mass is 10.1. The normalized spacial score (nSPS) is 10.6. The Morgan fingerprint density at radius 1 is 1.00 bits per heavy atom. The van der Waals surface area contributed by atoms with E-state index in [-0.39, 0.29) is 0 Å². The SMILES string of the molecule is Cc1ccc(-c2[c-][n+](C)n(-c3ccccc3)n2)cc1. The van der Waals surface area contributed by atoms with Gasteiger partial charge >= 0.3 is 0 Å². The average Bonchev–Trinajstić information content (AvgIpc) is 2.83. The fourth-order valence-electron chi connectivity index (χ4n) is 2.01. The predicted molar refractivity (Wildman–Crippen MR) is 73.7 cm³/mol. The van der Waals surface area contributed by atoms with Crippen molar-refractivity contribution < 1.29 is 4.68 Å². The lowest BCUT2D eigenvalue weighted by Crippen LogP contribution is -2.38. The summed E-state index contributed by atoms with van der Waals surface area (Å²) in [6, 6.07) is 18.4. The second kappa shape index (κ2) is 4.69. The van der Waals surface area contributed by atoms with E-state index in [2.05, 4.69) is 42.5 Å². The van der Waals surface area contributed by atoms with Crippen molar-refractivity contribution >= 4 is 0 Å². The fraction of sp³-hybridized carbons (Fsp3) is 0.125. The molecule has 0 spiro atoms. The van der Waals surface area contributed by atoms with E-state index < -0.39 is 0 Å². The minimum Gasteiger partial charge on any atom is -0.243 e. The highest BCUT2D eigenvalue weighted by Crippen LogP contribution is 2.16. The maximum atomic E-state index is 4.60. The molecule has 2 aromatic carbocycles. The fourth-order valence-corrected chi connectivity index (χ4v) is 2.01. The van der Waals surface area contributed by atoms with Crippen molar-refractivity contribution in [1.82, 2.24) is 9.90 Å². The second-order valence-electron chi connectivity index (χ2n) is 4.58. The van der Waals surface area contributed by atoms with E-state index in [0.29, 0.717) is 0 Å². The first-order valence-electron chi connectivity index (χ1n) is 6.25. The molecule has 0 aliphatic carbocycles. The molecule has 3 aromatic rings. The molecule has 0 atom stereocenters. The molecule has 0 aliphatic rings. The minimum absolute atomic E-state index is 0.853. The van der Waals surface area contributed by atoms with Crippen LogP contribution in [0.1, 0.15) is 5.56 Å². The maximum absolute atomic E-state index is 4.60. The summed E-state index contributed by atoms with van der Waals surface area (Å²) in [5.74, 6) is 0. The highest BCUT2D eigenvalue weighted by molar-refractivity contribution is 5.57. The van der Waals surface area contributed by atoms with Crippen molar-refractivity contribution in [1.29, 1.82) is 0 Å². The molecule has 0 saturated carbocycles. The first kappa shape index (κ1) is 11.7. The van der Waals surface area contributed by atoms with Crippen molar-refractivity contribution in [3.63, 3.8) is 0 Å². The molecular weight excluding hydrogens is 234 g/mol. The third-order valence-corrected chi connectivity index (χ3v) is 3.06. The molecule has 0 saturated heterocycles. The van der Waals surface area contributed by atoms with Gasteiger partial charge in [0.25, 0.3) is 0 Å². The van der Waals surface area contributed by atoms with Crippen LogP contribution in [-0.4, -0.2) is 9.90 Å². The zero-order valence-corrected chi connectivity index (χ0v) is 11.0. The number of hydrogen-bond donors (Lipinski definition) is 0. The number of hydrogen-bond acceptors (Lipinski definition) is 1. The van der Waals surface area contributed by atoms with E-state index in [9.17, 15) is 0 Å². The standard InChI is InChI=1S/C16H15N3/c1-13-8-10-14(11-9-13)16-12-18(2)19(17-16)15-6-4-3-5-7-15/h3-11H,1-2H3. The molecule has 0 N–H and O–H groups in total. The van der Waals surface area contributed by atoms with Gasteiger partial charge in [0.15, 0.2) is 0 Å². The molecule has 0 amide bonds. The van der Waals surface area contributed by atoms with E-state index in [1.807, 2.05) is 46.9 Å². The van der Waals surface area contributed by atoms with Gasteiger partial charge < -0.3 is 0 Å². The summed E-state index contributed by atoms with van der Waals surface area (Å²) in [5.41, 5.74) is 4.21. The lowest BCUT2D eigenvalue weighted by Gasteiger charge is -2.00. The van der Waals surface area contributed by atoms with Gasteiger partial charge in [-0.3, -0.25) is 0 Å². The van der Waals surface area contributed by atoms with Gasteiger partial charge in [0, 0.05) is 11.3 Å². The summed E-state index contributed by atoms with van der Waals surface area (Å²) in [5, 5.41) is 4.60. The Balaban J connectivity index is 2.04. The van der Waals surface area contributed by atoms with Crippen LogP contribution < -0.4 is 4.68 Å². The van der Waals surface area contributed by atoms with Crippen molar-refractivity contribution in [3.8, 4) is 16.9 Å². The molecule has 94 valence electrons. The second-order valence-corrected chi connectivity index (χ2v) is 4.58. The summed E-state index contributed by atoms with van der Waals surface area (Å²) < 4.78 is 1.87. The molecular formula is C16H15N3. The number of aryl methyl sites for hydroxylation is 2. The van der Waals surface area contributed by atoms with Crippen molar-refractivity contribution in [3.05, 3.63) is 66.4 Å². The lowest BCUT2D eigenvalue weighted by molar-refractivity contribution is -0.752. The van der Waals surface area contributed by atoms with Gasteiger partial charge in [-0.2, -0.15) is 0 Å². The Kier molecular flexibility index (Phi) is 2.88. The van der Waals surface area contributed by atoms with Gasteiger partial charge in [-0.25, -0.2) is 4.68 Å². The molecule has 0 unspecified atom stereocenters. The Hall–Kier alpha value is -2.42. The van der Waals surface area contributed by atoms with Gasteiger partial charge in [0.2, 0.25) is 0 Å². The van der Waals surface area contributed by atoms with Crippen LogP contribution in [0.25, 0.3) is 16.9 Å². The van der Waals surface area contributed by atoms with E-state index in [1.54, 1.807) is 0 Å². The van der Waals surface area contributed by atoms with Crippen LogP contribution in [0.2, 0.25) is 0 Å². The molecule has 1 aromatic heterocycles. The molecule has 1 heterocycles. The van der Waals surface area contributed by atoms with Gasteiger partial charge in [-0.1, -0.05) is 35.9 Å². The maximum Gasteiger partial charge on any atom is 0.126 e. The number of para-hydroxylation sites is 1. The van der Waals surface area contributed by atoms with E-state index in [4.69, 9.17) is 0 Å². The molecule has 19 heavy (non-hydrogen) atoms. The van der Waals surface area contributed by atoms with Gasteiger partial charge in [-0.15, -0.1) is 17.7 Å². The van der Waals surface area contributed by atoms with Crippen LogP contribution in [0, 0.1) is 13.1 Å². The molecule has 3 rings (SSSR count). The van der Waals surface area contributed by atoms with Crippen molar-refractivity contribution in [2.45, 2.75) is 6.92 Å².